The summed E-state index contributed by atoms with van der Waals surface area (Å²) in [6, 6.07) is -1.29. The van der Waals surface area contributed by atoms with E-state index >= 15 is 0 Å². The largest absolute Gasteiger partial charge is 0.394 e. The van der Waals surface area contributed by atoms with Crippen LogP contribution in [0, 0.1) is 0 Å². The predicted octanol–water partition coefficient (Wildman–Crippen LogP) is -5.25. The van der Waals surface area contributed by atoms with Crippen LogP contribution in [0.5, 0.6) is 0 Å². The molecule has 152 valence electrons. The van der Waals surface area contributed by atoms with Crippen LogP contribution >= 0.6 is 0 Å². The fourth-order valence-corrected chi connectivity index (χ4v) is 2.98. The number of carbonyl (C=O) groups is 1. The molecular formula is C14H25NO11. The molecule has 0 bridgehead atoms. The predicted molar refractivity (Wildman–Crippen MR) is 80.2 cm³/mol. The third-order valence-electron chi connectivity index (χ3n) is 4.38. The van der Waals surface area contributed by atoms with Gasteiger partial charge in [0.2, 0.25) is 5.91 Å². The maximum absolute atomic E-state index is 11.2. The van der Waals surface area contributed by atoms with Gasteiger partial charge in [-0.2, -0.15) is 0 Å². The molecule has 0 spiro atoms. The second-order valence-corrected chi connectivity index (χ2v) is 6.26. The summed E-state index contributed by atoms with van der Waals surface area (Å²) < 4.78 is 15.7. The minimum absolute atomic E-state index is 0.564. The molecule has 0 aliphatic carbocycles. The summed E-state index contributed by atoms with van der Waals surface area (Å²) >= 11 is 0. The number of nitrogens with one attached hydrogen (secondary N) is 1. The lowest BCUT2D eigenvalue weighted by Crippen LogP contribution is -2.67. The number of hydrogen-bond donors (Lipinski definition) is 8. The van der Waals surface area contributed by atoms with Crippen LogP contribution in [-0.2, 0) is 19.0 Å². The standard InChI is InChI=1S/C14H25NO11/c1-4(18)15-7-9(20)12(6(3-17)24-13(7)23)26-14-11(22)10(21)8(19)5(2-16)25-14/h5-14,16-17,19-23H,2-3H2,1H3,(H,15,18)/t5-,6-,7-,8-,9-,10+,11+,12+,13+,14-/m0/s1. The molecule has 26 heavy (non-hydrogen) atoms. The molecule has 2 heterocycles. The lowest BCUT2D eigenvalue weighted by molar-refractivity contribution is -0.345. The van der Waals surface area contributed by atoms with Gasteiger partial charge in [-0.3, -0.25) is 4.79 Å². The molecule has 0 aromatic rings. The molecule has 1 amide bonds. The fourth-order valence-electron chi connectivity index (χ4n) is 2.98. The number of hydrogen-bond acceptors (Lipinski definition) is 11. The summed E-state index contributed by atoms with van der Waals surface area (Å²) in [6.45, 7) is -0.195. The molecule has 10 atom stereocenters. The third kappa shape index (κ3) is 4.31. The van der Waals surface area contributed by atoms with Gasteiger partial charge >= 0.3 is 0 Å². The molecule has 8 N–H and O–H groups in total. The van der Waals surface area contributed by atoms with E-state index in [4.69, 9.17) is 14.2 Å². The van der Waals surface area contributed by atoms with Crippen molar-refractivity contribution in [1.82, 2.24) is 5.32 Å². The molecule has 12 heteroatoms. The van der Waals surface area contributed by atoms with Crippen molar-refractivity contribution in [2.24, 2.45) is 0 Å². The topological polar surface area (TPSA) is 198 Å². The van der Waals surface area contributed by atoms with Crippen LogP contribution in [0.15, 0.2) is 0 Å². The Morgan fingerprint density at radius 1 is 0.923 bits per heavy atom. The van der Waals surface area contributed by atoms with Crippen molar-refractivity contribution in [3.63, 3.8) is 0 Å². The van der Waals surface area contributed by atoms with Gasteiger partial charge in [0.05, 0.1) is 13.2 Å². The van der Waals surface area contributed by atoms with Crippen molar-refractivity contribution < 1.29 is 54.8 Å². The van der Waals surface area contributed by atoms with Gasteiger partial charge in [-0.05, 0) is 0 Å². The second kappa shape index (κ2) is 8.84. The maximum Gasteiger partial charge on any atom is 0.217 e. The molecule has 0 aromatic carbocycles. The lowest BCUT2D eigenvalue weighted by Gasteiger charge is -2.46. The highest BCUT2D eigenvalue weighted by Crippen LogP contribution is 2.28. The van der Waals surface area contributed by atoms with Crippen LogP contribution in [0.25, 0.3) is 0 Å². The van der Waals surface area contributed by atoms with E-state index < -0.39 is 80.5 Å². The average Bonchev–Trinajstić information content (AvgIpc) is 2.60. The average molecular weight is 383 g/mol. The van der Waals surface area contributed by atoms with Gasteiger partial charge in [-0.15, -0.1) is 0 Å². The Labute approximate surface area is 148 Å². The van der Waals surface area contributed by atoms with E-state index in [2.05, 4.69) is 5.32 Å². The maximum atomic E-state index is 11.2. The van der Waals surface area contributed by atoms with E-state index in [0.29, 0.717) is 0 Å². The Hall–Kier alpha value is -0.930. The Kier molecular flexibility index (Phi) is 7.27. The van der Waals surface area contributed by atoms with Gasteiger partial charge in [0, 0.05) is 6.92 Å². The Bertz CT molecular complexity index is 478. The molecular weight excluding hydrogens is 358 g/mol. The summed E-state index contributed by atoms with van der Waals surface area (Å²) in [7, 11) is 0. The van der Waals surface area contributed by atoms with Crippen LogP contribution < -0.4 is 5.32 Å². The van der Waals surface area contributed by atoms with Crippen molar-refractivity contribution in [2.75, 3.05) is 13.2 Å². The molecule has 2 rings (SSSR count). The van der Waals surface area contributed by atoms with E-state index in [1.54, 1.807) is 0 Å². The van der Waals surface area contributed by atoms with Gasteiger partial charge in [-0.25, -0.2) is 0 Å². The number of carbonyl (C=O) groups excluding carboxylic acids is 1. The first-order valence-corrected chi connectivity index (χ1v) is 8.06. The summed E-state index contributed by atoms with van der Waals surface area (Å²) in [5.41, 5.74) is 0. The van der Waals surface area contributed by atoms with Crippen molar-refractivity contribution in [1.29, 1.82) is 0 Å². The molecule has 2 fully saturated rings. The minimum atomic E-state index is -1.73. The monoisotopic (exact) mass is 383 g/mol. The number of rotatable bonds is 5. The number of ether oxygens (including phenoxy) is 3. The molecule has 2 saturated heterocycles. The van der Waals surface area contributed by atoms with E-state index in [1.807, 2.05) is 0 Å². The van der Waals surface area contributed by atoms with E-state index in [9.17, 15) is 40.5 Å². The van der Waals surface area contributed by atoms with Crippen LogP contribution in [0.1, 0.15) is 6.92 Å². The first-order valence-electron chi connectivity index (χ1n) is 8.06. The van der Waals surface area contributed by atoms with Crippen LogP contribution in [0.3, 0.4) is 0 Å². The number of aliphatic hydroxyl groups is 7. The molecule has 0 saturated carbocycles. The highest BCUT2D eigenvalue weighted by atomic mass is 16.7. The van der Waals surface area contributed by atoms with Crippen molar-refractivity contribution in [3.05, 3.63) is 0 Å². The number of aliphatic hydroxyl groups excluding tert-OH is 7. The first-order chi connectivity index (χ1) is 12.2. The van der Waals surface area contributed by atoms with Crippen molar-refractivity contribution in [2.45, 2.75) is 68.3 Å². The summed E-state index contributed by atoms with van der Waals surface area (Å²) in [5, 5.41) is 70.7. The Morgan fingerprint density at radius 2 is 1.54 bits per heavy atom. The number of amides is 1. The van der Waals surface area contributed by atoms with E-state index in [1.165, 1.54) is 0 Å². The smallest absolute Gasteiger partial charge is 0.217 e. The zero-order chi connectivity index (χ0) is 19.6. The molecule has 0 radical (unpaired) electrons. The highest BCUT2D eigenvalue weighted by Gasteiger charge is 2.50. The van der Waals surface area contributed by atoms with Gasteiger partial charge < -0.3 is 55.3 Å². The van der Waals surface area contributed by atoms with Crippen LogP contribution in [0.4, 0.5) is 0 Å². The van der Waals surface area contributed by atoms with Crippen molar-refractivity contribution >= 4 is 5.91 Å². The molecule has 2 aliphatic rings. The quantitative estimate of drug-likeness (QED) is 0.226. The molecule has 0 unspecified atom stereocenters. The third-order valence-corrected chi connectivity index (χ3v) is 4.38. The normalized spacial score (nSPS) is 46.8. The highest BCUT2D eigenvalue weighted by molar-refractivity contribution is 5.73. The van der Waals surface area contributed by atoms with E-state index in [0.717, 1.165) is 6.92 Å². The van der Waals surface area contributed by atoms with Gasteiger partial charge in [0.25, 0.3) is 0 Å². The zero-order valence-electron chi connectivity index (χ0n) is 14.0. The molecule has 0 aromatic heterocycles. The molecule has 2 aliphatic heterocycles. The summed E-state index contributed by atoms with van der Waals surface area (Å²) in [5.74, 6) is -0.564. The van der Waals surface area contributed by atoms with Crippen molar-refractivity contribution in [3.8, 4) is 0 Å². The summed E-state index contributed by atoms with van der Waals surface area (Å²) in [4.78, 5) is 11.2. The minimum Gasteiger partial charge on any atom is -0.394 e. The van der Waals surface area contributed by atoms with E-state index in [-0.39, 0.29) is 0 Å². The fraction of sp³-hybridized carbons (Fsp3) is 0.929. The van der Waals surface area contributed by atoms with Crippen LogP contribution in [0.2, 0.25) is 0 Å². The Balaban J connectivity index is 2.16. The SMILES string of the molecule is CC(=O)N[C@H]1[C@H](O)[C@H](O[C@@H]2O[C@@H](CO)[C@H](O)[C@@H](O)[C@H]2O)[C@H](CO)O[C@H]1O. The lowest BCUT2D eigenvalue weighted by atomic mass is 9.95. The van der Waals surface area contributed by atoms with Crippen LogP contribution in [-0.4, -0.2) is 116 Å². The molecule has 12 nitrogen and oxygen atoms in total. The summed E-state index contributed by atoms with van der Waals surface area (Å²) in [6.07, 6.45) is -13.6. The first kappa shape index (κ1) is 21.4. The van der Waals surface area contributed by atoms with Gasteiger partial charge in [-0.1, -0.05) is 0 Å². The van der Waals surface area contributed by atoms with Gasteiger partial charge in [0.1, 0.15) is 48.8 Å². The second-order valence-electron chi connectivity index (χ2n) is 6.26. The van der Waals surface area contributed by atoms with Gasteiger partial charge in [0.15, 0.2) is 12.6 Å². The zero-order valence-corrected chi connectivity index (χ0v) is 14.0. The Morgan fingerprint density at radius 3 is 2.08 bits per heavy atom.